The Morgan fingerprint density at radius 1 is 1.50 bits per heavy atom. The summed E-state index contributed by atoms with van der Waals surface area (Å²) < 4.78 is 0. The summed E-state index contributed by atoms with van der Waals surface area (Å²) in [5.74, 6) is 1.30. The fourth-order valence-corrected chi connectivity index (χ4v) is 3.92. The Hall–Kier alpha value is -0.0600. The normalized spacial score (nSPS) is 22.5. The van der Waals surface area contributed by atoms with Crippen molar-refractivity contribution < 1.29 is 0 Å². The van der Waals surface area contributed by atoms with Gasteiger partial charge in [-0.05, 0) is 25.1 Å². The second-order valence-corrected chi connectivity index (χ2v) is 5.81. The lowest BCUT2D eigenvalue weighted by molar-refractivity contribution is 0.676. The van der Waals surface area contributed by atoms with Crippen molar-refractivity contribution in [3.8, 4) is 0 Å². The molecule has 1 fully saturated rings. The average Bonchev–Trinajstić information content (AvgIpc) is 2.68. The molecular weight excluding hydrogens is 212 g/mol. The molecule has 0 aromatic carbocycles. The minimum absolute atomic E-state index is 0.659. The van der Waals surface area contributed by atoms with E-state index in [1.807, 2.05) is 0 Å². The minimum Gasteiger partial charge on any atom is -0.330 e. The van der Waals surface area contributed by atoms with E-state index in [0.29, 0.717) is 11.8 Å². The number of nitrogens with two attached hydrogens (primary N) is 1. The van der Waals surface area contributed by atoms with Gasteiger partial charge in [0, 0.05) is 17.1 Å². The van der Waals surface area contributed by atoms with Crippen LogP contribution < -0.4 is 5.73 Å². The highest BCUT2D eigenvalue weighted by atomic mass is 32.2. The first-order chi connectivity index (χ1) is 6.90. The lowest BCUT2D eigenvalue weighted by Gasteiger charge is -2.18. The number of nitrogens with zero attached hydrogens (tertiary/aromatic N) is 1. The predicted molar refractivity (Wildman–Crippen MR) is 63.9 cm³/mol. The summed E-state index contributed by atoms with van der Waals surface area (Å²) in [6.07, 6.45) is 4.97. The highest BCUT2D eigenvalue weighted by molar-refractivity contribution is 7.99. The monoisotopic (exact) mass is 228 g/mol. The molecule has 4 heteroatoms. The van der Waals surface area contributed by atoms with Crippen LogP contribution in [-0.2, 0) is 6.42 Å². The maximum absolute atomic E-state index is 5.51. The molecule has 78 valence electrons. The van der Waals surface area contributed by atoms with Gasteiger partial charge in [-0.2, -0.15) is 11.8 Å². The molecule has 0 aliphatic carbocycles. The third-order valence-electron chi connectivity index (χ3n) is 2.44. The lowest BCUT2D eigenvalue weighted by atomic mass is 10.1. The highest BCUT2D eigenvalue weighted by Crippen LogP contribution is 2.38. The van der Waals surface area contributed by atoms with Crippen molar-refractivity contribution in [3.63, 3.8) is 0 Å². The Labute approximate surface area is 93.3 Å². The van der Waals surface area contributed by atoms with E-state index in [4.69, 9.17) is 5.73 Å². The molecule has 0 radical (unpaired) electrons. The quantitative estimate of drug-likeness (QED) is 0.864. The highest BCUT2D eigenvalue weighted by Gasteiger charge is 2.18. The third-order valence-corrected chi connectivity index (χ3v) is 4.77. The van der Waals surface area contributed by atoms with Gasteiger partial charge in [0.25, 0.3) is 0 Å². The summed E-state index contributed by atoms with van der Waals surface area (Å²) in [4.78, 5) is 4.64. The van der Waals surface area contributed by atoms with Gasteiger partial charge in [-0.3, -0.25) is 0 Å². The molecule has 2 heterocycles. The molecule has 1 aromatic rings. The van der Waals surface area contributed by atoms with Crippen LogP contribution in [-0.4, -0.2) is 17.3 Å². The largest absolute Gasteiger partial charge is 0.330 e. The molecule has 0 bridgehead atoms. The molecule has 1 atom stereocenters. The molecule has 14 heavy (non-hydrogen) atoms. The fraction of sp³-hybridized carbons (Fsp3) is 0.700. The molecule has 0 saturated carbocycles. The Balaban J connectivity index is 2.00. The van der Waals surface area contributed by atoms with Gasteiger partial charge in [0.15, 0.2) is 0 Å². The van der Waals surface area contributed by atoms with Gasteiger partial charge in [0.05, 0.1) is 10.7 Å². The standard InChI is InChI=1S/C10H16N2S2/c11-5-4-10-12-8(7-14-10)9-3-1-2-6-13-9/h7,9H,1-6,11H2. The summed E-state index contributed by atoms with van der Waals surface area (Å²) in [5.41, 5.74) is 6.80. The van der Waals surface area contributed by atoms with Crippen LogP contribution in [0.4, 0.5) is 0 Å². The van der Waals surface area contributed by atoms with Crippen LogP contribution in [0.25, 0.3) is 0 Å². The number of hydrogen-bond acceptors (Lipinski definition) is 4. The number of thiazole rings is 1. The van der Waals surface area contributed by atoms with Crippen LogP contribution in [0.1, 0.15) is 35.2 Å². The van der Waals surface area contributed by atoms with E-state index in [9.17, 15) is 0 Å². The van der Waals surface area contributed by atoms with Gasteiger partial charge in [-0.15, -0.1) is 11.3 Å². The van der Waals surface area contributed by atoms with Gasteiger partial charge in [0.1, 0.15) is 0 Å². The second-order valence-electron chi connectivity index (χ2n) is 3.56. The van der Waals surface area contributed by atoms with Crippen molar-refractivity contribution in [3.05, 3.63) is 16.1 Å². The van der Waals surface area contributed by atoms with E-state index >= 15 is 0 Å². The smallest absolute Gasteiger partial charge is 0.0941 e. The number of thioether (sulfide) groups is 1. The molecule has 1 aromatic heterocycles. The Bertz CT molecular complexity index is 279. The zero-order valence-electron chi connectivity index (χ0n) is 8.24. The molecule has 1 aliphatic rings. The maximum Gasteiger partial charge on any atom is 0.0941 e. The van der Waals surface area contributed by atoms with E-state index in [0.717, 1.165) is 6.42 Å². The van der Waals surface area contributed by atoms with E-state index < -0.39 is 0 Å². The predicted octanol–water partition coefficient (Wildman–Crippen LogP) is 2.60. The van der Waals surface area contributed by atoms with E-state index in [2.05, 4.69) is 22.1 Å². The molecule has 0 spiro atoms. The first-order valence-electron chi connectivity index (χ1n) is 5.16. The molecular formula is C10H16N2S2. The molecule has 1 unspecified atom stereocenters. The average molecular weight is 228 g/mol. The van der Waals surface area contributed by atoms with Crippen LogP contribution >= 0.6 is 23.1 Å². The summed E-state index contributed by atoms with van der Waals surface area (Å²) in [5, 5.41) is 4.08. The molecule has 2 rings (SSSR count). The first kappa shape index (κ1) is 10.5. The molecule has 2 nitrogen and oxygen atoms in total. The lowest BCUT2D eigenvalue weighted by Crippen LogP contribution is -2.04. The molecule has 1 saturated heterocycles. The van der Waals surface area contributed by atoms with Crippen LogP contribution in [0.15, 0.2) is 5.38 Å². The van der Waals surface area contributed by atoms with E-state index in [-0.39, 0.29) is 0 Å². The van der Waals surface area contributed by atoms with Gasteiger partial charge in [-0.25, -0.2) is 4.98 Å². The van der Waals surface area contributed by atoms with Crippen molar-refractivity contribution in [2.24, 2.45) is 5.73 Å². The van der Waals surface area contributed by atoms with Crippen LogP contribution in [0.2, 0.25) is 0 Å². The minimum atomic E-state index is 0.659. The summed E-state index contributed by atoms with van der Waals surface area (Å²) in [6, 6.07) is 0. The van der Waals surface area contributed by atoms with Gasteiger partial charge >= 0.3 is 0 Å². The van der Waals surface area contributed by atoms with Crippen molar-refractivity contribution >= 4 is 23.1 Å². The summed E-state index contributed by atoms with van der Waals surface area (Å²) in [6.45, 7) is 0.713. The Morgan fingerprint density at radius 2 is 2.43 bits per heavy atom. The second kappa shape index (κ2) is 5.14. The van der Waals surface area contributed by atoms with Crippen molar-refractivity contribution in [2.45, 2.75) is 30.9 Å². The van der Waals surface area contributed by atoms with Crippen molar-refractivity contribution in [1.29, 1.82) is 0 Å². The van der Waals surface area contributed by atoms with Crippen LogP contribution in [0.3, 0.4) is 0 Å². The Kier molecular flexibility index (Phi) is 3.84. The number of rotatable bonds is 3. The van der Waals surface area contributed by atoms with Gasteiger partial charge in [-0.1, -0.05) is 6.42 Å². The SMILES string of the molecule is NCCc1nc(C2CCCCS2)cs1. The van der Waals surface area contributed by atoms with Gasteiger partial charge in [0.2, 0.25) is 0 Å². The fourth-order valence-electron chi connectivity index (χ4n) is 1.69. The van der Waals surface area contributed by atoms with Crippen molar-refractivity contribution in [1.82, 2.24) is 4.98 Å². The third kappa shape index (κ3) is 2.49. The number of hydrogen-bond donors (Lipinski definition) is 1. The molecule has 1 aliphatic heterocycles. The number of aromatic nitrogens is 1. The molecule has 2 N–H and O–H groups in total. The van der Waals surface area contributed by atoms with Crippen LogP contribution in [0.5, 0.6) is 0 Å². The maximum atomic E-state index is 5.51. The van der Waals surface area contributed by atoms with E-state index in [1.165, 1.54) is 35.7 Å². The first-order valence-corrected chi connectivity index (χ1v) is 7.09. The van der Waals surface area contributed by atoms with Crippen molar-refractivity contribution in [2.75, 3.05) is 12.3 Å². The molecule has 0 amide bonds. The van der Waals surface area contributed by atoms with E-state index in [1.54, 1.807) is 11.3 Å². The van der Waals surface area contributed by atoms with Gasteiger partial charge < -0.3 is 5.73 Å². The summed E-state index contributed by atoms with van der Waals surface area (Å²) >= 11 is 3.82. The summed E-state index contributed by atoms with van der Waals surface area (Å²) in [7, 11) is 0. The Morgan fingerprint density at radius 3 is 3.14 bits per heavy atom. The zero-order chi connectivity index (χ0) is 9.80. The zero-order valence-corrected chi connectivity index (χ0v) is 9.87. The van der Waals surface area contributed by atoms with Crippen LogP contribution in [0, 0.1) is 0 Å². The topological polar surface area (TPSA) is 38.9 Å².